The van der Waals surface area contributed by atoms with Crippen LogP contribution in [0.5, 0.6) is 0 Å². The number of halogens is 4. The maximum Gasteiger partial charge on any atom is 0.0468 e. The molecule has 0 amide bonds. The molecule has 1 heterocycles. The minimum absolute atomic E-state index is 0. The minimum Gasteiger partial charge on any atom is -0.314 e. The maximum atomic E-state index is 6.44. The van der Waals surface area contributed by atoms with Crippen molar-refractivity contribution < 1.29 is 0 Å². The summed E-state index contributed by atoms with van der Waals surface area (Å²) in [5.74, 6) is 0.761. The van der Waals surface area contributed by atoms with Crippen molar-refractivity contribution >= 4 is 48.0 Å². The van der Waals surface area contributed by atoms with E-state index in [2.05, 4.69) is 16.3 Å². The van der Waals surface area contributed by atoms with Gasteiger partial charge in [-0.1, -0.05) is 35.7 Å². The number of benzene rings is 1. The first-order valence-electron chi connectivity index (χ1n) is 7.15. The van der Waals surface area contributed by atoms with Gasteiger partial charge in [-0.3, -0.25) is 4.90 Å². The van der Waals surface area contributed by atoms with E-state index in [1.165, 1.54) is 24.8 Å². The van der Waals surface area contributed by atoms with Gasteiger partial charge >= 0.3 is 0 Å². The van der Waals surface area contributed by atoms with Crippen LogP contribution < -0.4 is 5.32 Å². The third kappa shape index (κ3) is 4.40. The van der Waals surface area contributed by atoms with E-state index in [0.717, 1.165) is 42.1 Å². The van der Waals surface area contributed by atoms with Crippen molar-refractivity contribution in [3.8, 4) is 0 Å². The van der Waals surface area contributed by atoms with Crippen LogP contribution in [-0.2, 0) is 0 Å². The van der Waals surface area contributed by atoms with Crippen LogP contribution in [0.1, 0.15) is 30.9 Å². The van der Waals surface area contributed by atoms with E-state index in [4.69, 9.17) is 23.2 Å². The topological polar surface area (TPSA) is 15.3 Å². The Kier molecular flexibility index (Phi) is 8.11. The molecule has 1 saturated carbocycles. The van der Waals surface area contributed by atoms with Crippen molar-refractivity contribution in [1.82, 2.24) is 10.2 Å². The molecule has 2 nitrogen and oxygen atoms in total. The van der Waals surface area contributed by atoms with Crippen molar-refractivity contribution in [2.45, 2.75) is 25.3 Å². The second-order valence-corrected chi connectivity index (χ2v) is 6.43. The van der Waals surface area contributed by atoms with Crippen molar-refractivity contribution in [1.29, 1.82) is 0 Å². The second-order valence-electron chi connectivity index (χ2n) is 5.59. The molecule has 0 unspecified atom stereocenters. The molecule has 1 aliphatic carbocycles. The van der Waals surface area contributed by atoms with Crippen molar-refractivity contribution in [3.63, 3.8) is 0 Å². The third-order valence-corrected chi connectivity index (χ3v) is 4.98. The number of hydrogen-bond donors (Lipinski definition) is 1. The van der Waals surface area contributed by atoms with Gasteiger partial charge in [-0.15, -0.1) is 24.8 Å². The third-order valence-electron chi connectivity index (χ3n) is 4.42. The summed E-state index contributed by atoms with van der Waals surface area (Å²) in [5.41, 5.74) is 1.26. The highest BCUT2D eigenvalue weighted by Gasteiger charge is 2.34. The van der Waals surface area contributed by atoms with E-state index < -0.39 is 0 Å². The second kappa shape index (κ2) is 8.81. The van der Waals surface area contributed by atoms with E-state index in [1.807, 2.05) is 12.1 Å². The van der Waals surface area contributed by atoms with Gasteiger partial charge in [-0.2, -0.15) is 0 Å². The van der Waals surface area contributed by atoms with Crippen LogP contribution in [0, 0.1) is 5.92 Å². The van der Waals surface area contributed by atoms with Crippen LogP contribution in [0.25, 0.3) is 0 Å². The molecule has 0 spiro atoms. The first kappa shape index (κ1) is 19.3. The van der Waals surface area contributed by atoms with Crippen molar-refractivity contribution in [3.05, 3.63) is 33.8 Å². The minimum atomic E-state index is 0. The molecule has 0 radical (unpaired) electrons. The SMILES string of the molecule is Cl.Cl.Clc1ccc([C@@H](C2CCC2)N2CCNCC2)c(Cl)c1. The van der Waals surface area contributed by atoms with Crippen LogP contribution in [0.4, 0.5) is 0 Å². The number of nitrogens with zero attached hydrogens (tertiary/aromatic N) is 1. The first-order valence-corrected chi connectivity index (χ1v) is 7.91. The Balaban J connectivity index is 0.00000110. The molecule has 2 fully saturated rings. The number of piperazine rings is 1. The molecule has 120 valence electrons. The molecule has 0 bridgehead atoms. The lowest BCUT2D eigenvalue weighted by molar-refractivity contribution is 0.0838. The highest BCUT2D eigenvalue weighted by Crippen LogP contribution is 2.43. The average molecular weight is 372 g/mol. The molecule has 1 saturated heterocycles. The zero-order valence-electron chi connectivity index (χ0n) is 11.9. The molecular weight excluding hydrogens is 350 g/mol. The molecule has 3 rings (SSSR count). The summed E-state index contributed by atoms with van der Waals surface area (Å²) in [5, 5.41) is 4.97. The normalized spacial score (nSPS) is 20.9. The quantitative estimate of drug-likeness (QED) is 0.836. The van der Waals surface area contributed by atoms with Gasteiger partial charge in [-0.25, -0.2) is 0 Å². The Morgan fingerprint density at radius 3 is 2.29 bits per heavy atom. The molecule has 6 heteroatoms. The number of rotatable bonds is 3. The van der Waals surface area contributed by atoms with Crippen molar-refractivity contribution in [2.24, 2.45) is 5.92 Å². The van der Waals surface area contributed by atoms with E-state index in [0.29, 0.717) is 6.04 Å². The lowest BCUT2D eigenvalue weighted by atomic mass is 9.76. The van der Waals surface area contributed by atoms with Crippen molar-refractivity contribution in [2.75, 3.05) is 26.2 Å². The largest absolute Gasteiger partial charge is 0.314 e. The smallest absolute Gasteiger partial charge is 0.0468 e. The molecule has 1 aliphatic heterocycles. The van der Waals surface area contributed by atoms with Gasteiger partial charge in [0.25, 0.3) is 0 Å². The Hall–Kier alpha value is 0.300. The molecule has 0 aromatic heterocycles. The fourth-order valence-electron chi connectivity index (χ4n) is 3.21. The van der Waals surface area contributed by atoms with E-state index in [1.54, 1.807) is 0 Å². The fourth-order valence-corrected chi connectivity index (χ4v) is 3.73. The Morgan fingerprint density at radius 2 is 1.76 bits per heavy atom. The predicted molar refractivity (Wildman–Crippen MR) is 95.5 cm³/mol. The van der Waals surface area contributed by atoms with Gasteiger partial charge in [0.05, 0.1) is 0 Å². The summed E-state index contributed by atoms with van der Waals surface area (Å²) in [6.45, 7) is 4.38. The zero-order chi connectivity index (χ0) is 13.2. The monoisotopic (exact) mass is 370 g/mol. The first-order chi connectivity index (χ1) is 9.25. The lowest BCUT2D eigenvalue weighted by Crippen LogP contribution is -2.47. The highest BCUT2D eigenvalue weighted by molar-refractivity contribution is 6.35. The summed E-state index contributed by atoms with van der Waals surface area (Å²) in [4.78, 5) is 2.59. The number of hydrogen-bond acceptors (Lipinski definition) is 2. The summed E-state index contributed by atoms with van der Waals surface area (Å²) < 4.78 is 0. The maximum absolute atomic E-state index is 6.44. The standard InChI is InChI=1S/C15H20Cl2N2.2ClH/c16-12-4-5-13(14(17)10-12)15(11-2-1-3-11)19-8-6-18-7-9-19;;/h4-5,10-11,15,18H,1-3,6-9H2;2*1H/t15-;;/m1../s1. The predicted octanol–water partition coefficient (Wildman–Crippen LogP) is 4.58. The highest BCUT2D eigenvalue weighted by atomic mass is 35.5. The average Bonchev–Trinajstić information content (AvgIpc) is 2.35. The molecule has 1 aromatic rings. The van der Waals surface area contributed by atoms with Gasteiger partial charge in [0.1, 0.15) is 0 Å². The van der Waals surface area contributed by atoms with Crippen LogP contribution in [0.2, 0.25) is 10.0 Å². The summed E-state index contributed by atoms with van der Waals surface area (Å²) >= 11 is 12.5. The van der Waals surface area contributed by atoms with Crippen LogP contribution in [0.15, 0.2) is 18.2 Å². The Bertz CT molecular complexity index is 445. The molecular formula is C15H22Cl4N2. The van der Waals surface area contributed by atoms with Crippen LogP contribution in [0.3, 0.4) is 0 Å². The van der Waals surface area contributed by atoms with Gasteiger partial charge < -0.3 is 5.32 Å². The van der Waals surface area contributed by atoms with Gasteiger partial charge in [-0.05, 0) is 36.5 Å². The lowest BCUT2D eigenvalue weighted by Gasteiger charge is -2.43. The summed E-state index contributed by atoms with van der Waals surface area (Å²) in [6.07, 6.45) is 4.01. The molecule has 1 N–H and O–H groups in total. The molecule has 2 aliphatic rings. The van der Waals surface area contributed by atoms with E-state index >= 15 is 0 Å². The fraction of sp³-hybridized carbons (Fsp3) is 0.600. The molecule has 1 aromatic carbocycles. The van der Waals surface area contributed by atoms with Gasteiger partial charge in [0.2, 0.25) is 0 Å². The zero-order valence-corrected chi connectivity index (χ0v) is 15.0. The molecule has 21 heavy (non-hydrogen) atoms. The summed E-state index contributed by atoms with van der Waals surface area (Å²) in [7, 11) is 0. The summed E-state index contributed by atoms with van der Waals surface area (Å²) in [6, 6.07) is 6.44. The van der Waals surface area contributed by atoms with Crippen LogP contribution in [-0.4, -0.2) is 31.1 Å². The van der Waals surface area contributed by atoms with E-state index in [-0.39, 0.29) is 24.8 Å². The van der Waals surface area contributed by atoms with Crippen LogP contribution >= 0.6 is 48.0 Å². The van der Waals surface area contributed by atoms with Gasteiger partial charge in [0.15, 0.2) is 0 Å². The van der Waals surface area contributed by atoms with E-state index in [9.17, 15) is 0 Å². The Morgan fingerprint density at radius 1 is 1.10 bits per heavy atom. The molecule has 1 atom stereocenters. The Labute approximate surface area is 149 Å². The number of nitrogens with one attached hydrogen (secondary N) is 1. The van der Waals surface area contributed by atoms with Gasteiger partial charge in [0, 0.05) is 42.3 Å².